The van der Waals surface area contributed by atoms with Gasteiger partial charge in [0.05, 0.1) is 19.3 Å². The van der Waals surface area contributed by atoms with Crippen LogP contribution in [0.25, 0.3) is 0 Å². The first kappa shape index (κ1) is 18.4. The van der Waals surface area contributed by atoms with Gasteiger partial charge >= 0.3 is 5.97 Å². The summed E-state index contributed by atoms with van der Waals surface area (Å²) in [6.45, 7) is 5.93. The normalized spacial score (nSPS) is 12.4. The molecule has 0 aromatic carbocycles. The van der Waals surface area contributed by atoms with Crippen molar-refractivity contribution in [1.29, 1.82) is 0 Å². The zero-order valence-corrected chi connectivity index (χ0v) is 12.8. The van der Waals surface area contributed by atoms with E-state index < -0.39 is 0 Å². The summed E-state index contributed by atoms with van der Waals surface area (Å²) in [5.41, 5.74) is 0. The highest BCUT2D eigenvalue weighted by Gasteiger charge is 2.08. The summed E-state index contributed by atoms with van der Waals surface area (Å²) in [6, 6.07) is 0. The van der Waals surface area contributed by atoms with Crippen LogP contribution in [0.15, 0.2) is 0 Å². The number of rotatable bonds is 13. The van der Waals surface area contributed by atoms with Crippen LogP contribution in [-0.2, 0) is 19.0 Å². The zero-order valence-electron chi connectivity index (χ0n) is 12.8. The van der Waals surface area contributed by atoms with Gasteiger partial charge in [-0.2, -0.15) is 0 Å². The molecule has 0 aliphatic rings. The maximum atomic E-state index is 11.5. The van der Waals surface area contributed by atoms with Gasteiger partial charge in [0, 0.05) is 20.1 Å². The van der Waals surface area contributed by atoms with Gasteiger partial charge in [0.15, 0.2) is 0 Å². The second kappa shape index (κ2) is 13.8. The number of hydrogen-bond donors (Lipinski definition) is 0. The molecule has 19 heavy (non-hydrogen) atoms. The topological polar surface area (TPSA) is 44.8 Å². The lowest BCUT2D eigenvalue weighted by atomic mass is 10.1. The Kier molecular flexibility index (Phi) is 13.4. The number of esters is 1. The van der Waals surface area contributed by atoms with E-state index in [-0.39, 0.29) is 12.1 Å². The molecule has 4 heteroatoms. The van der Waals surface area contributed by atoms with Crippen molar-refractivity contribution in [1.82, 2.24) is 0 Å². The first-order valence-electron chi connectivity index (χ1n) is 7.46. The van der Waals surface area contributed by atoms with Crippen molar-refractivity contribution in [3.05, 3.63) is 0 Å². The van der Waals surface area contributed by atoms with E-state index in [1.54, 1.807) is 7.11 Å². The largest absolute Gasteiger partial charge is 0.463 e. The van der Waals surface area contributed by atoms with Crippen LogP contribution < -0.4 is 0 Å². The SMILES string of the molecule is CCCCCCC(C)OC(=O)CCCOCCOC. The Morgan fingerprint density at radius 2 is 1.84 bits per heavy atom. The van der Waals surface area contributed by atoms with E-state index >= 15 is 0 Å². The van der Waals surface area contributed by atoms with Crippen LogP contribution in [0.4, 0.5) is 0 Å². The summed E-state index contributed by atoms with van der Waals surface area (Å²) in [4.78, 5) is 11.5. The third-order valence-electron chi connectivity index (χ3n) is 2.90. The van der Waals surface area contributed by atoms with Crippen molar-refractivity contribution in [3.63, 3.8) is 0 Å². The van der Waals surface area contributed by atoms with Gasteiger partial charge in [0.1, 0.15) is 0 Å². The molecule has 0 rings (SSSR count). The molecule has 0 aliphatic heterocycles. The van der Waals surface area contributed by atoms with Crippen LogP contribution in [0.3, 0.4) is 0 Å². The molecule has 0 aromatic rings. The van der Waals surface area contributed by atoms with Crippen molar-refractivity contribution < 1.29 is 19.0 Å². The first-order valence-corrected chi connectivity index (χ1v) is 7.46. The standard InChI is InChI=1S/C15H30O4/c1-4-5-6-7-9-14(2)19-15(16)10-8-11-18-13-12-17-3/h14H,4-13H2,1-3H3. The molecular weight excluding hydrogens is 244 g/mol. The minimum atomic E-state index is -0.113. The van der Waals surface area contributed by atoms with Gasteiger partial charge in [0.2, 0.25) is 0 Å². The average molecular weight is 274 g/mol. The zero-order chi connectivity index (χ0) is 14.3. The van der Waals surface area contributed by atoms with Crippen molar-refractivity contribution >= 4 is 5.97 Å². The average Bonchev–Trinajstić information content (AvgIpc) is 2.39. The molecule has 1 atom stereocenters. The van der Waals surface area contributed by atoms with Crippen LogP contribution in [0.1, 0.15) is 58.8 Å². The highest BCUT2D eigenvalue weighted by atomic mass is 16.5. The number of methoxy groups -OCH3 is 1. The summed E-state index contributed by atoms with van der Waals surface area (Å²) in [7, 11) is 1.64. The summed E-state index contributed by atoms with van der Waals surface area (Å²) in [6.07, 6.45) is 7.02. The van der Waals surface area contributed by atoms with E-state index in [9.17, 15) is 4.79 Å². The van der Waals surface area contributed by atoms with Crippen LogP contribution in [-0.4, -0.2) is 39.0 Å². The molecule has 0 aliphatic carbocycles. The Morgan fingerprint density at radius 3 is 2.53 bits per heavy atom. The minimum absolute atomic E-state index is 0.0405. The summed E-state index contributed by atoms with van der Waals surface area (Å²) < 4.78 is 15.5. The molecule has 0 radical (unpaired) electrons. The summed E-state index contributed by atoms with van der Waals surface area (Å²) in [5.74, 6) is -0.113. The van der Waals surface area contributed by atoms with Gasteiger partial charge in [-0.3, -0.25) is 4.79 Å². The predicted octanol–water partition coefficient (Wildman–Crippen LogP) is 3.33. The van der Waals surface area contributed by atoms with Crippen molar-refractivity contribution in [2.75, 3.05) is 26.9 Å². The van der Waals surface area contributed by atoms with Gasteiger partial charge in [-0.25, -0.2) is 0 Å². The van der Waals surface area contributed by atoms with Gasteiger partial charge in [0.25, 0.3) is 0 Å². The van der Waals surface area contributed by atoms with Crippen molar-refractivity contribution in [2.24, 2.45) is 0 Å². The van der Waals surface area contributed by atoms with Crippen molar-refractivity contribution in [2.45, 2.75) is 64.9 Å². The molecule has 0 saturated carbocycles. The lowest BCUT2D eigenvalue weighted by molar-refractivity contribution is -0.148. The predicted molar refractivity (Wildman–Crippen MR) is 76.2 cm³/mol. The fourth-order valence-electron chi connectivity index (χ4n) is 1.76. The Morgan fingerprint density at radius 1 is 1.05 bits per heavy atom. The Balaban J connectivity index is 3.36. The molecule has 114 valence electrons. The first-order chi connectivity index (χ1) is 9.20. The highest BCUT2D eigenvalue weighted by Crippen LogP contribution is 2.09. The molecule has 0 saturated heterocycles. The monoisotopic (exact) mass is 274 g/mol. The molecule has 1 unspecified atom stereocenters. The molecule has 0 fully saturated rings. The van der Waals surface area contributed by atoms with E-state index in [0.717, 1.165) is 12.8 Å². The Labute approximate surface area is 117 Å². The molecular formula is C15H30O4. The van der Waals surface area contributed by atoms with Crippen LogP contribution in [0.5, 0.6) is 0 Å². The van der Waals surface area contributed by atoms with Crippen molar-refractivity contribution in [3.8, 4) is 0 Å². The van der Waals surface area contributed by atoms with Gasteiger partial charge in [-0.05, 0) is 26.2 Å². The van der Waals surface area contributed by atoms with Crippen LogP contribution in [0, 0.1) is 0 Å². The lowest BCUT2D eigenvalue weighted by Gasteiger charge is -2.13. The third-order valence-corrected chi connectivity index (χ3v) is 2.90. The molecule has 0 aromatic heterocycles. The molecule has 4 nitrogen and oxygen atoms in total. The number of hydrogen-bond acceptors (Lipinski definition) is 4. The second-order valence-electron chi connectivity index (χ2n) is 4.86. The summed E-state index contributed by atoms with van der Waals surface area (Å²) in [5, 5.41) is 0. The quantitative estimate of drug-likeness (QED) is 0.382. The van der Waals surface area contributed by atoms with Gasteiger partial charge < -0.3 is 14.2 Å². The molecule has 0 N–H and O–H groups in total. The van der Waals surface area contributed by atoms with E-state index in [4.69, 9.17) is 14.2 Å². The molecule has 0 bridgehead atoms. The maximum Gasteiger partial charge on any atom is 0.306 e. The minimum Gasteiger partial charge on any atom is -0.463 e. The molecule has 0 amide bonds. The van der Waals surface area contributed by atoms with E-state index in [1.165, 1.54) is 19.3 Å². The van der Waals surface area contributed by atoms with Crippen LogP contribution in [0.2, 0.25) is 0 Å². The highest BCUT2D eigenvalue weighted by molar-refractivity contribution is 5.69. The smallest absolute Gasteiger partial charge is 0.306 e. The Hall–Kier alpha value is -0.610. The summed E-state index contributed by atoms with van der Waals surface area (Å²) >= 11 is 0. The van der Waals surface area contributed by atoms with E-state index in [2.05, 4.69) is 6.92 Å². The van der Waals surface area contributed by atoms with Gasteiger partial charge in [-0.1, -0.05) is 26.2 Å². The molecule has 0 heterocycles. The van der Waals surface area contributed by atoms with Crippen LogP contribution >= 0.6 is 0 Å². The number of ether oxygens (including phenoxy) is 3. The fraction of sp³-hybridized carbons (Fsp3) is 0.933. The lowest BCUT2D eigenvalue weighted by Crippen LogP contribution is -2.15. The maximum absolute atomic E-state index is 11.5. The third kappa shape index (κ3) is 13.6. The molecule has 0 spiro atoms. The fourth-order valence-corrected chi connectivity index (χ4v) is 1.76. The Bertz CT molecular complexity index is 206. The van der Waals surface area contributed by atoms with Gasteiger partial charge in [-0.15, -0.1) is 0 Å². The number of carbonyl (C=O) groups is 1. The van der Waals surface area contributed by atoms with E-state index in [0.29, 0.717) is 32.7 Å². The number of carbonyl (C=O) groups excluding carboxylic acids is 1. The van der Waals surface area contributed by atoms with E-state index in [1.807, 2.05) is 6.92 Å². The second-order valence-corrected chi connectivity index (χ2v) is 4.86. The number of unbranched alkanes of at least 4 members (excludes halogenated alkanes) is 3.